The van der Waals surface area contributed by atoms with E-state index in [1.165, 1.54) is 12.1 Å². The number of hydrogen-bond acceptors (Lipinski definition) is 4. The van der Waals surface area contributed by atoms with Gasteiger partial charge in [-0.1, -0.05) is 30.3 Å². The molecule has 4 nitrogen and oxygen atoms in total. The quantitative estimate of drug-likeness (QED) is 0.886. The molecule has 0 aromatic heterocycles. The lowest BCUT2D eigenvalue weighted by molar-refractivity contribution is -0.0587. The fraction of sp³-hybridized carbons (Fsp3) is 0.429. The standard InChI is InChI=1S/C21H24FNO3/c22-16-7-5-15(6-8-16)19(25)14-23-11-9-21(10-12-23)13-18(24)17-3-1-2-4-20(17)26-21/h1-8,18-19,24-25H,9-14H2/t18-,19-/m1/s1. The summed E-state index contributed by atoms with van der Waals surface area (Å²) in [7, 11) is 0. The summed E-state index contributed by atoms with van der Waals surface area (Å²) >= 11 is 0. The highest BCUT2D eigenvalue weighted by Gasteiger charge is 2.42. The number of benzene rings is 2. The molecule has 2 heterocycles. The van der Waals surface area contributed by atoms with Gasteiger partial charge in [0.15, 0.2) is 0 Å². The van der Waals surface area contributed by atoms with Crippen LogP contribution in [0.3, 0.4) is 0 Å². The van der Waals surface area contributed by atoms with Gasteiger partial charge < -0.3 is 19.8 Å². The number of aliphatic hydroxyl groups excluding tert-OH is 2. The van der Waals surface area contributed by atoms with Crippen molar-refractivity contribution in [1.29, 1.82) is 0 Å². The van der Waals surface area contributed by atoms with Crippen LogP contribution in [-0.4, -0.2) is 40.3 Å². The second kappa shape index (κ2) is 6.99. The summed E-state index contributed by atoms with van der Waals surface area (Å²) in [5, 5.41) is 20.9. The van der Waals surface area contributed by atoms with Gasteiger partial charge in [0.25, 0.3) is 0 Å². The minimum atomic E-state index is -0.636. The van der Waals surface area contributed by atoms with E-state index in [0.29, 0.717) is 13.0 Å². The van der Waals surface area contributed by atoms with Gasteiger partial charge in [0.05, 0.1) is 12.2 Å². The van der Waals surface area contributed by atoms with Crippen molar-refractivity contribution in [2.45, 2.75) is 37.1 Å². The van der Waals surface area contributed by atoms with Crippen LogP contribution < -0.4 is 4.74 Å². The molecule has 2 atom stereocenters. The minimum Gasteiger partial charge on any atom is -0.487 e. The topological polar surface area (TPSA) is 52.9 Å². The van der Waals surface area contributed by atoms with Crippen LogP contribution in [0.4, 0.5) is 4.39 Å². The molecule has 0 aliphatic carbocycles. The summed E-state index contributed by atoms with van der Waals surface area (Å²) in [6, 6.07) is 13.7. The SMILES string of the molecule is O[C@H](CN1CCC2(CC1)C[C@@H](O)c1ccccc1O2)c1ccc(F)cc1. The Balaban J connectivity index is 1.38. The Labute approximate surface area is 152 Å². The highest BCUT2D eigenvalue weighted by atomic mass is 19.1. The predicted molar refractivity (Wildman–Crippen MR) is 96.4 cm³/mol. The van der Waals surface area contributed by atoms with Crippen LogP contribution in [0.2, 0.25) is 0 Å². The van der Waals surface area contributed by atoms with Gasteiger partial charge in [-0.2, -0.15) is 0 Å². The lowest BCUT2D eigenvalue weighted by Gasteiger charge is -2.46. The third kappa shape index (κ3) is 3.47. The van der Waals surface area contributed by atoms with E-state index in [9.17, 15) is 14.6 Å². The first-order valence-corrected chi connectivity index (χ1v) is 9.17. The summed E-state index contributed by atoms with van der Waals surface area (Å²) in [4.78, 5) is 2.20. The maximum atomic E-state index is 13.0. The number of β-amino-alcohol motifs (C(OH)–C–C–N with tert-alkyl or cyclic N) is 1. The Morgan fingerprint density at radius 1 is 1.12 bits per heavy atom. The third-order valence-corrected chi connectivity index (χ3v) is 5.62. The van der Waals surface area contributed by atoms with Crippen molar-refractivity contribution in [2.24, 2.45) is 0 Å². The number of likely N-dealkylation sites (tertiary alicyclic amines) is 1. The van der Waals surface area contributed by atoms with Crippen LogP contribution in [0.5, 0.6) is 5.75 Å². The first-order chi connectivity index (χ1) is 12.5. The minimum absolute atomic E-state index is 0.297. The second-order valence-electron chi connectivity index (χ2n) is 7.41. The van der Waals surface area contributed by atoms with Gasteiger partial charge in [-0.25, -0.2) is 4.39 Å². The second-order valence-corrected chi connectivity index (χ2v) is 7.41. The molecule has 0 unspecified atom stereocenters. The summed E-state index contributed by atoms with van der Waals surface area (Å²) in [5.41, 5.74) is 1.27. The molecule has 2 N–H and O–H groups in total. The van der Waals surface area contributed by atoms with E-state index in [-0.39, 0.29) is 11.4 Å². The van der Waals surface area contributed by atoms with Crippen molar-refractivity contribution >= 4 is 0 Å². The molecular weight excluding hydrogens is 333 g/mol. The summed E-state index contributed by atoms with van der Waals surface area (Å²) < 4.78 is 19.3. The Morgan fingerprint density at radius 2 is 1.81 bits per heavy atom. The molecule has 2 aliphatic rings. The molecule has 4 rings (SSSR count). The third-order valence-electron chi connectivity index (χ3n) is 5.62. The monoisotopic (exact) mass is 357 g/mol. The summed E-state index contributed by atoms with van der Waals surface area (Å²) in [6.45, 7) is 2.11. The molecule has 2 aromatic carbocycles. The van der Waals surface area contributed by atoms with Crippen LogP contribution in [0.15, 0.2) is 48.5 Å². The van der Waals surface area contributed by atoms with Gasteiger partial charge in [0.1, 0.15) is 17.2 Å². The molecule has 138 valence electrons. The molecule has 0 saturated carbocycles. The smallest absolute Gasteiger partial charge is 0.125 e. The van der Waals surface area contributed by atoms with Crippen molar-refractivity contribution < 1.29 is 19.3 Å². The maximum absolute atomic E-state index is 13.0. The van der Waals surface area contributed by atoms with E-state index in [1.807, 2.05) is 24.3 Å². The lowest BCUT2D eigenvalue weighted by Crippen LogP contribution is -2.51. The van der Waals surface area contributed by atoms with E-state index < -0.39 is 12.2 Å². The average molecular weight is 357 g/mol. The number of hydrogen-bond donors (Lipinski definition) is 2. The molecule has 0 amide bonds. The number of piperidine rings is 1. The predicted octanol–water partition coefficient (Wildman–Crippen LogP) is 3.21. The molecule has 0 bridgehead atoms. The Bertz CT molecular complexity index is 756. The number of aliphatic hydroxyl groups is 2. The van der Waals surface area contributed by atoms with Crippen molar-refractivity contribution in [3.8, 4) is 5.75 Å². The average Bonchev–Trinajstić information content (AvgIpc) is 2.64. The molecular formula is C21H24FNO3. The van der Waals surface area contributed by atoms with Crippen LogP contribution in [0.1, 0.15) is 42.6 Å². The fourth-order valence-corrected chi connectivity index (χ4v) is 4.07. The molecule has 5 heteroatoms. The van der Waals surface area contributed by atoms with Crippen molar-refractivity contribution in [1.82, 2.24) is 4.90 Å². The zero-order valence-electron chi connectivity index (χ0n) is 14.6. The molecule has 2 aromatic rings. The van der Waals surface area contributed by atoms with E-state index in [1.54, 1.807) is 12.1 Å². The number of fused-ring (bicyclic) bond motifs is 1. The highest BCUT2D eigenvalue weighted by Crippen LogP contribution is 2.44. The van der Waals surface area contributed by atoms with Crippen molar-refractivity contribution in [3.05, 3.63) is 65.5 Å². The number of halogens is 1. The van der Waals surface area contributed by atoms with Crippen LogP contribution in [0.25, 0.3) is 0 Å². The fourth-order valence-electron chi connectivity index (χ4n) is 4.07. The van der Waals surface area contributed by atoms with Crippen LogP contribution in [0, 0.1) is 5.82 Å². The number of ether oxygens (including phenoxy) is 1. The molecule has 2 aliphatic heterocycles. The van der Waals surface area contributed by atoms with Gasteiger partial charge in [0, 0.05) is 31.6 Å². The molecule has 1 saturated heterocycles. The number of nitrogens with zero attached hydrogens (tertiary/aromatic N) is 1. The van der Waals surface area contributed by atoms with Gasteiger partial charge in [0.2, 0.25) is 0 Å². The first-order valence-electron chi connectivity index (χ1n) is 9.17. The molecule has 0 radical (unpaired) electrons. The molecule has 26 heavy (non-hydrogen) atoms. The van der Waals surface area contributed by atoms with Gasteiger partial charge in [-0.05, 0) is 36.6 Å². The van der Waals surface area contributed by atoms with E-state index in [4.69, 9.17) is 4.74 Å². The van der Waals surface area contributed by atoms with Gasteiger partial charge >= 0.3 is 0 Å². The van der Waals surface area contributed by atoms with Crippen molar-refractivity contribution in [2.75, 3.05) is 19.6 Å². The van der Waals surface area contributed by atoms with E-state index >= 15 is 0 Å². The number of rotatable bonds is 3. The Kier molecular flexibility index (Phi) is 4.69. The number of para-hydroxylation sites is 1. The molecule has 1 fully saturated rings. The molecule has 1 spiro atoms. The Morgan fingerprint density at radius 3 is 2.54 bits per heavy atom. The van der Waals surface area contributed by atoms with Crippen molar-refractivity contribution in [3.63, 3.8) is 0 Å². The summed E-state index contributed by atoms with van der Waals surface area (Å²) in [5.74, 6) is 0.486. The maximum Gasteiger partial charge on any atom is 0.125 e. The lowest BCUT2D eigenvalue weighted by atomic mass is 9.81. The van der Waals surface area contributed by atoms with Gasteiger partial charge in [-0.3, -0.25) is 0 Å². The highest BCUT2D eigenvalue weighted by molar-refractivity contribution is 5.38. The largest absolute Gasteiger partial charge is 0.487 e. The zero-order chi connectivity index (χ0) is 18.1. The van der Waals surface area contributed by atoms with Gasteiger partial charge in [-0.15, -0.1) is 0 Å². The zero-order valence-corrected chi connectivity index (χ0v) is 14.6. The Hall–Kier alpha value is -1.95. The van der Waals surface area contributed by atoms with E-state index in [2.05, 4.69) is 4.90 Å². The summed E-state index contributed by atoms with van der Waals surface area (Å²) in [6.07, 6.45) is 1.11. The normalized spacial score (nSPS) is 23.3. The van der Waals surface area contributed by atoms with E-state index in [0.717, 1.165) is 42.8 Å². The van der Waals surface area contributed by atoms with Crippen LogP contribution in [-0.2, 0) is 0 Å². The first kappa shape index (κ1) is 17.5. The van der Waals surface area contributed by atoms with Crippen LogP contribution >= 0.6 is 0 Å².